The molecule has 0 aromatic carbocycles. The number of nitrogens with zero attached hydrogens (tertiary/aromatic N) is 3. The van der Waals surface area contributed by atoms with E-state index in [2.05, 4.69) is 15.3 Å². The Labute approximate surface area is 99.1 Å². The van der Waals surface area contributed by atoms with E-state index in [0.717, 1.165) is 5.76 Å². The van der Waals surface area contributed by atoms with Crippen molar-refractivity contribution in [3.05, 3.63) is 41.7 Å². The molecule has 17 heavy (non-hydrogen) atoms. The van der Waals surface area contributed by atoms with E-state index in [1.165, 1.54) is 6.20 Å². The molecule has 5 nitrogen and oxygen atoms in total. The smallest absolute Gasteiger partial charge is 0.216 e. The SMILES string of the molecule is Cc1cnc(C(C)Nc2ccc(C#N)cn2)o1. The second kappa shape index (κ2) is 4.66. The second-order valence-corrected chi connectivity index (χ2v) is 3.72. The van der Waals surface area contributed by atoms with Crippen molar-refractivity contribution in [1.82, 2.24) is 9.97 Å². The third-order valence-corrected chi connectivity index (χ3v) is 2.27. The molecule has 0 aliphatic heterocycles. The number of pyridine rings is 1. The highest BCUT2D eigenvalue weighted by atomic mass is 16.4. The highest BCUT2D eigenvalue weighted by molar-refractivity contribution is 5.40. The van der Waals surface area contributed by atoms with Crippen molar-refractivity contribution in [2.75, 3.05) is 5.32 Å². The molecule has 0 aliphatic rings. The van der Waals surface area contributed by atoms with E-state index in [-0.39, 0.29) is 6.04 Å². The van der Waals surface area contributed by atoms with Crippen LogP contribution in [0.15, 0.2) is 28.9 Å². The predicted molar refractivity (Wildman–Crippen MR) is 62.2 cm³/mol. The van der Waals surface area contributed by atoms with Crippen LogP contribution in [0.2, 0.25) is 0 Å². The standard InChI is InChI=1S/C12H12N4O/c1-8-6-15-12(17-8)9(2)16-11-4-3-10(5-13)7-14-11/h3-4,6-7,9H,1-2H3,(H,14,16). The minimum atomic E-state index is -0.0656. The van der Waals surface area contributed by atoms with Crippen molar-refractivity contribution >= 4 is 5.82 Å². The van der Waals surface area contributed by atoms with Gasteiger partial charge in [-0.3, -0.25) is 0 Å². The molecule has 1 atom stereocenters. The van der Waals surface area contributed by atoms with Gasteiger partial charge in [-0.25, -0.2) is 9.97 Å². The molecule has 0 saturated carbocycles. The zero-order valence-electron chi connectivity index (χ0n) is 9.64. The van der Waals surface area contributed by atoms with Crippen molar-refractivity contribution < 1.29 is 4.42 Å². The van der Waals surface area contributed by atoms with Gasteiger partial charge in [-0.1, -0.05) is 0 Å². The molecule has 1 N–H and O–H groups in total. The quantitative estimate of drug-likeness (QED) is 0.873. The van der Waals surface area contributed by atoms with E-state index in [0.29, 0.717) is 17.3 Å². The van der Waals surface area contributed by atoms with Crippen molar-refractivity contribution in [2.45, 2.75) is 19.9 Å². The zero-order chi connectivity index (χ0) is 12.3. The minimum absolute atomic E-state index is 0.0656. The molecule has 0 radical (unpaired) electrons. The molecule has 2 heterocycles. The van der Waals surface area contributed by atoms with Crippen LogP contribution in [0.5, 0.6) is 0 Å². The minimum Gasteiger partial charge on any atom is -0.444 e. The Morgan fingerprint density at radius 2 is 2.18 bits per heavy atom. The number of nitrogens with one attached hydrogen (secondary N) is 1. The summed E-state index contributed by atoms with van der Waals surface area (Å²) < 4.78 is 5.41. The Bertz CT molecular complexity index is 538. The summed E-state index contributed by atoms with van der Waals surface area (Å²) in [5.41, 5.74) is 0.537. The van der Waals surface area contributed by atoms with Gasteiger partial charge in [0.25, 0.3) is 0 Å². The van der Waals surface area contributed by atoms with E-state index < -0.39 is 0 Å². The van der Waals surface area contributed by atoms with Gasteiger partial charge in [0, 0.05) is 6.20 Å². The first-order valence-electron chi connectivity index (χ1n) is 5.24. The fourth-order valence-electron chi connectivity index (χ4n) is 1.40. The number of rotatable bonds is 3. The molecule has 86 valence electrons. The molecule has 2 rings (SSSR count). The lowest BCUT2D eigenvalue weighted by Gasteiger charge is -2.10. The largest absolute Gasteiger partial charge is 0.444 e. The monoisotopic (exact) mass is 228 g/mol. The van der Waals surface area contributed by atoms with Gasteiger partial charge in [-0.15, -0.1) is 0 Å². The van der Waals surface area contributed by atoms with E-state index in [1.807, 2.05) is 19.9 Å². The fraction of sp³-hybridized carbons (Fsp3) is 0.250. The first-order chi connectivity index (χ1) is 8.19. The van der Waals surface area contributed by atoms with Gasteiger partial charge < -0.3 is 9.73 Å². The average molecular weight is 228 g/mol. The molecular weight excluding hydrogens is 216 g/mol. The average Bonchev–Trinajstić information content (AvgIpc) is 2.77. The van der Waals surface area contributed by atoms with Crippen LogP contribution in [0.4, 0.5) is 5.82 Å². The van der Waals surface area contributed by atoms with Gasteiger partial charge in [0.1, 0.15) is 23.7 Å². The molecular formula is C12H12N4O. The third-order valence-electron chi connectivity index (χ3n) is 2.27. The molecule has 5 heteroatoms. The Balaban J connectivity index is 2.08. The Morgan fingerprint density at radius 1 is 1.35 bits per heavy atom. The van der Waals surface area contributed by atoms with Crippen LogP contribution < -0.4 is 5.32 Å². The summed E-state index contributed by atoms with van der Waals surface area (Å²) in [5, 5.41) is 11.8. The van der Waals surface area contributed by atoms with Gasteiger partial charge in [0.05, 0.1) is 11.8 Å². The molecule has 0 spiro atoms. The van der Waals surface area contributed by atoms with Crippen LogP contribution in [-0.2, 0) is 0 Å². The lowest BCUT2D eigenvalue weighted by atomic mass is 10.3. The summed E-state index contributed by atoms with van der Waals surface area (Å²) in [4.78, 5) is 8.26. The van der Waals surface area contributed by atoms with Crippen LogP contribution in [0, 0.1) is 18.3 Å². The molecule has 0 aliphatic carbocycles. The lowest BCUT2D eigenvalue weighted by Crippen LogP contribution is -2.08. The van der Waals surface area contributed by atoms with E-state index >= 15 is 0 Å². The van der Waals surface area contributed by atoms with Crippen LogP contribution in [0.1, 0.15) is 30.2 Å². The van der Waals surface area contributed by atoms with E-state index in [9.17, 15) is 0 Å². The van der Waals surface area contributed by atoms with Crippen LogP contribution in [0.3, 0.4) is 0 Å². The molecule has 0 fully saturated rings. The number of anilines is 1. The van der Waals surface area contributed by atoms with Gasteiger partial charge in [0.2, 0.25) is 5.89 Å². The molecule has 1 unspecified atom stereocenters. The normalized spacial score (nSPS) is 11.8. The molecule has 2 aromatic heterocycles. The topological polar surface area (TPSA) is 74.7 Å². The zero-order valence-corrected chi connectivity index (χ0v) is 9.64. The predicted octanol–water partition coefficient (Wildman–Crippen LogP) is 2.42. The molecule has 0 saturated heterocycles. The van der Waals surface area contributed by atoms with Gasteiger partial charge in [-0.2, -0.15) is 5.26 Å². The maximum atomic E-state index is 8.66. The second-order valence-electron chi connectivity index (χ2n) is 3.72. The maximum Gasteiger partial charge on any atom is 0.216 e. The number of oxazole rings is 1. The number of aromatic nitrogens is 2. The summed E-state index contributed by atoms with van der Waals surface area (Å²) in [6.45, 7) is 3.79. The van der Waals surface area contributed by atoms with Gasteiger partial charge in [0.15, 0.2) is 0 Å². The van der Waals surface area contributed by atoms with Crippen molar-refractivity contribution in [3.63, 3.8) is 0 Å². The number of aryl methyl sites for hydroxylation is 1. The Morgan fingerprint density at radius 3 is 2.71 bits per heavy atom. The van der Waals surface area contributed by atoms with Gasteiger partial charge >= 0.3 is 0 Å². The lowest BCUT2D eigenvalue weighted by molar-refractivity contribution is 0.453. The Kier molecular flexibility index (Phi) is 3.06. The maximum absolute atomic E-state index is 8.66. The number of hydrogen-bond donors (Lipinski definition) is 1. The summed E-state index contributed by atoms with van der Waals surface area (Å²) in [6.07, 6.45) is 3.20. The number of hydrogen-bond acceptors (Lipinski definition) is 5. The fourth-order valence-corrected chi connectivity index (χ4v) is 1.40. The van der Waals surface area contributed by atoms with E-state index in [4.69, 9.17) is 9.68 Å². The molecule has 0 bridgehead atoms. The summed E-state index contributed by atoms with van der Waals surface area (Å²) in [7, 11) is 0. The van der Waals surface area contributed by atoms with Crippen LogP contribution in [0.25, 0.3) is 0 Å². The highest BCUT2D eigenvalue weighted by Gasteiger charge is 2.11. The van der Waals surface area contributed by atoms with Crippen molar-refractivity contribution in [3.8, 4) is 6.07 Å². The summed E-state index contributed by atoms with van der Waals surface area (Å²) in [6, 6.07) is 5.42. The van der Waals surface area contributed by atoms with Gasteiger partial charge in [-0.05, 0) is 26.0 Å². The summed E-state index contributed by atoms with van der Waals surface area (Å²) >= 11 is 0. The van der Waals surface area contributed by atoms with E-state index in [1.54, 1.807) is 18.3 Å². The Hall–Kier alpha value is -2.35. The highest BCUT2D eigenvalue weighted by Crippen LogP contribution is 2.17. The third kappa shape index (κ3) is 2.61. The van der Waals surface area contributed by atoms with Crippen molar-refractivity contribution in [2.24, 2.45) is 0 Å². The van der Waals surface area contributed by atoms with Crippen LogP contribution >= 0.6 is 0 Å². The van der Waals surface area contributed by atoms with Crippen molar-refractivity contribution in [1.29, 1.82) is 5.26 Å². The first kappa shape index (κ1) is 11.1. The summed E-state index contributed by atoms with van der Waals surface area (Å²) in [5.74, 6) is 2.09. The molecule has 2 aromatic rings. The van der Waals surface area contributed by atoms with Crippen LogP contribution in [-0.4, -0.2) is 9.97 Å². The first-order valence-corrected chi connectivity index (χ1v) is 5.24. The number of nitriles is 1. The molecule has 0 amide bonds.